The number of ketones is 2. The monoisotopic (exact) mass is 557 g/mol. The van der Waals surface area contributed by atoms with Crippen molar-refractivity contribution in [1.29, 1.82) is 0 Å². The second-order valence-electron chi connectivity index (χ2n) is 10.6. The Morgan fingerprint density at radius 2 is 1.69 bits per heavy atom. The van der Waals surface area contributed by atoms with Gasteiger partial charge in [-0.15, -0.1) is 0 Å². The lowest BCUT2D eigenvalue weighted by molar-refractivity contribution is -0.122. The third kappa shape index (κ3) is 3.48. The second-order valence-corrected chi connectivity index (χ2v) is 10.6. The van der Waals surface area contributed by atoms with Gasteiger partial charge in [-0.2, -0.15) is 0 Å². The molecule has 3 aliphatic rings. The highest BCUT2D eigenvalue weighted by molar-refractivity contribution is 6.17. The van der Waals surface area contributed by atoms with Gasteiger partial charge in [0.15, 0.2) is 5.78 Å². The molecule has 4 aromatic rings. The van der Waals surface area contributed by atoms with E-state index in [1.807, 2.05) is 65.7 Å². The van der Waals surface area contributed by atoms with Crippen LogP contribution in [0.25, 0.3) is 6.08 Å². The van der Waals surface area contributed by atoms with Gasteiger partial charge in [0, 0.05) is 18.1 Å². The van der Waals surface area contributed by atoms with Gasteiger partial charge >= 0.3 is 0 Å². The third-order valence-electron chi connectivity index (χ3n) is 8.71. The zero-order valence-corrected chi connectivity index (χ0v) is 23.0. The largest absolute Gasteiger partial charge is 0.497 e. The molecule has 0 bridgehead atoms. The van der Waals surface area contributed by atoms with Gasteiger partial charge in [-0.3, -0.25) is 19.4 Å². The molecule has 1 aromatic heterocycles. The van der Waals surface area contributed by atoms with Crippen molar-refractivity contribution in [2.75, 3.05) is 19.5 Å². The highest BCUT2D eigenvalue weighted by atomic mass is 16.5. The summed E-state index contributed by atoms with van der Waals surface area (Å²) in [4.78, 5) is 50.4. The van der Waals surface area contributed by atoms with Crippen LogP contribution >= 0.6 is 0 Å². The summed E-state index contributed by atoms with van der Waals surface area (Å²) in [7, 11) is 3.00. The van der Waals surface area contributed by atoms with E-state index in [1.54, 1.807) is 42.6 Å². The summed E-state index contributed by atoms with van der Waals surface area (Å²) in [5.74, 6) is -1.44. The van der Waals surface area contributed by atoms with E-state index in [1.165, 1.54) is 14.2 Å². The molecule has 0 aliphatic carbocycles. The fourth-order valence-electron chi connectivity index (χ4n) is 7.00. The number of ether oxygens (including phenoxy) is 2. The Hall–Kier alpha value is -5.24. The number of methoxy groups -OCH3 is 2. The number of pyridine rings is 1. The van der Waals surface area contributed by atoms with Gasteiger partial charge in [-0.1, -0.05) is 48.5 Å². The molecule has 1 saturated heterocycles. The van der Waals surface area contributed by atoms with Crippen LogP contribution < -0.4 is 14.8 Å². The number of rotatable bonds is 6. The number of benzene rings is 3. The summed E-state index contributed by atoms with van der Waals surface area (Å²) in [6.45, 7) is 0. The molecule has 1 fully saturated rings. The highest BCUT2D eigenvalue weighted by Crippen LogP contribution is 2.62. The lowest BCUT2D eigenvalue weighted by Crippen LogP contribution is -2.49. The van der Waals surface area contributed by atoms with E-state index in [9.17, 15) is 9.59 Å². The van der Waals surface area contributed by atoms with Crippen molar-refractivity contribution in [3.05, 3.63) is 125 Å². The van der Waals surface area contributed by atoms with Crippen molar-refractivity contribution in [2.45, 2.75) is 17.5 Å². The van der Waals surface area contributed by atoms with Gasteiger partial charge in [0.25, 0.3) is 0 Å². The number of para-hydroxylation sites is 1. The number of nitrogens with one attached hydrogen (secondary N) is 1. The number of carbonyl (C=O) groups excluding carboxylic acids is 3. The van der Waals surface area contributed by atoms with Crippen LogP contribution in [-0.4, -0.2) is 47.6 Å². The van der Waals surface area contributed by atoms with E-state index in [2.05, 4.69) is 10.3 Å². The molecule has 3 aromatic carbocycles. The summed E-state index contributed by atoms with van der Waals surface area (Å²) in [5, 5.41) is 3.06. The number of anilines is 1. The molecule has 8 nitrogen and oxygen atoms in total. The number of hydrogen-bond acceptors (Lipinski definition) is 7. The Morgan fingerprint density at radius 3 is 2.48 bits per heavy atom. The van der Waals surface area contributed by atoms with Crippen molar-refractivity contribution in [1.82, 2.24) is 9.88 Å². The van der Waals surface area contributed by atoms with Crippen molar-refractivity contribution >= 4 is 29.2 Å². The molecule has 3 aliphatic heterocycles. The smallest absolute Gasteiger partial charge is 0.238 e. The Kier molecular flexibility index (Phi) is 5.93. The van der Waals surface area contributed by atoms with Crippen LogP contribution in [0.1, 0.15) is 43.6 Å². The number of carbonyl (C=O) groups is 3. The Bertz CT molecular complexity index is 1790. The maximum atomic E-state index is 15.1. The quantitative estimate of drug-likeness (QED) is 0.330. The van der Waals surface area contributed by atoms with Crippen molar-refractivity contribution in [2.24, 2.45) is 5.92 Å². The first-order valence-corrected chi connectivity index (χ1v) is 13.7. The molecule has 1 spiro atoms. The van der Waals surface area contributed by atoms with E-state index in [4.69, 9.17) is 9.47 Å². The van der Waals surface area contributed by atoms with Crippen LogP contribution in [0.3, 0.4) is 0 Å². The number of nitrogens with zero attached hydrogens (tertiary/aromatic N) is 2. The van der Waals surface area contributed by atoms with E-state index in [0.29, 0.717) is 22.7 Å². The molecule has 8 heteroatoms. The summed E-state index contributed by atoms with van der Waals surface area (Å²) in [6, 6.07) is 23.6. The van der Waals surface area contributed by atoms with Gasteiger partial charge in [0.05, 0.1) is 31.7 Å². The first-order valence-electron chi connectivity index (χ1n) is 13.7. The molecule has 208 valence electrons. The van der Waals surface area contributed by atoms with Crippen LogP contribution in [0, 0.1) is 5.92 Å². The predicted octanol–water partition coefficient (Wildman–Crippen LogP) is 5.08. The lowest BCUT2D eigenvalue weighted by atomic mass is 9.62. The van der Waals surface area contributed by atoms with Crippen molar-refractivity contribution < 1.29 is 23.9 Å². The lowest BCUT2D eigenvalue weighted by Gasteiger charge is -2.38. The van der Waals surface area contributed by atoms with E-state index in [0.717, 1.165) is 11.1 Å². The molecule has 4 atom stereocenters. The molecular formula is C34H27N3O5. The normalized spacial score (nSPS) is 23.1. The highest BCUT2D eigenvalue weighted by Gasteiger charge is 2.71. The predicted molar refractivity (Wildman–Crippen MR) is 157 cm³/mol. The topological polar surface area (TPSA) is 97.8 Å². The molecule has 7 rings (SSSR count). The van der Waals surface area contributed by atoms with Crippen LogP contribution in [0.5, 0.6) is 11.5 Å². The van der Waals surface area contributed by atoms with Gasteiger partial charge in [-0.25, -0.2) is 0 Å². The number of aromatic nitrogens is 1. The average Bonchev–Trinajstić information content (AvgIpc) is 3.52. The zero-order valence-electron chi connectivity index (χ0n) is 23.0. The van der Waals surface area contributed by atoms with Crippen molar-refractivity contribution in [3.63, 3.8) is 0 Å². The first kappa shape index (κ1) is 25.7. The summed E-state index contributed by atoms with van der Waals surface area (Å²) in [6.07, 6.45) is 5.32. The summed E-state index contributed by atoms with van der Waals surface area (Å²) < 4.78 is 11.1. The third-order valence-corrected chi connectivity index (χ3v) is 8.71. The minimum Gasteiger partial charge on any atom is -0.497 e. The van der Waals surface area contributed by atoms with Crippen LogP contribution in [0.15, 0.2) is 97.3 Å². The minimum absolute atomic E-state index is 0.215. The SMILES string of the molecule is COc1ccc(OC)c(C(=O)[C@H]2[C@@H](C(=O)c3ccccn3)N3C=Cc4ccccc4[C@@H]3[C@]23C(=O)Nc2ccccc23)c1. The summed E-state index contributed by atoms with van der Waals surface area (Å²) in [5.41, 5.74) is 2.08. The van der Waals surface area contributed by atoms with E-state index < -0.39 is 29.2 Å². The van der Waals surface area contributed by atoms with Crippen LogP contribution in [0.4, 0.5) is 5.69 Å². The maximum absolute atomic E-state index is 15.1. The van der Waals surface area contributed by atoms with Gasteiger partial charge in [0.1, 0.15) is 28.6 Å². The molecule has 1 N–H and O–H groups in total. The molecule has 4 heterocycles. The number of Topliss-reactive ketones (excluding diaryl/α,β-unsaturated/α-hetero) is 2. The molecule has 42 heavy (non-hydrogen) atoms. The van der Waals surface area contributed by atoms with Crippen molar-refractivity contribution in [3.8, 4) is 11.5 Å². The first-order chi connectivity index (χ1) is 20.5. The fraction of sp³-hybridized carbons (Fsp3) is 0.176. The molecule has 0 unspecified atom stereocenters. The standard InChI is InChI=1S/C34H27N3O5/c1-41-21-14-15-27(42-2)23(19-21)30(38)28-29(31(39)26-13-7-8-17-35-26)37-18-16-20-9-3-4-10-22(20)32(37)34(28)24-11-5-6-12-25(24)36-33(34)40/h3-19,28-29,32H,1-2H3,(H,36,40)/t28-,29+,32-,34-/m1/s1. The van der Waals surface area contributed by atoms with Gasteiger partial charge in [0.2, 0.25) is 11.7 Å². The molecular weight excluding hydrogens is 530 g/mol. The fourth-order valence-corrected chi connectivity index (χ4v) is 7.00. The van der Waals surface area contributed by atoms with Crippen LogP contribution in [0.2, 0.25) is 0 Å². The van der Waals surface area contributed by atoms with Crippen LogP contribution in [-0.2, 0) is 10.2 Å². The Morgan fingerprint density at radius 1 is 0.905 bits per heavy atom. The molecule has 1 amide bonds. The number of amides is 1. The Labute approximate surface area is 242 Å². The number of hydrogen-bond donors (Lipinski definition) is 1. The minimum atomic E-state index is -1.45. The Balaban J connectivity index is 1.55. The van der Waals surface area contributed by atoms with E-state index in [-0.39, 0.29) is 22.9 Å². The molecule has 0 saturated carbocycles. The van der Waals surface area contributed by atoms with E-state index >= 15 is 4.79 Å². The number of fused-ring (bicyclic) bond motifs is 6. The zero-order chi connectivity index (χ0) is 29.0. The maximum Gasteiger partial charge on any atom is 0.238 e. The molecule has 0 radical (unpaired) electrons. The van der Waals surface area contributed by atoms with Gasteiger partial charge < -0.3 is 19.7 Å². The average molecular weight is 558 g/mol. The van der Waals surface area contributed by atoms with Gasteiger partial charge in [-0.05, 0) is 59.2 Å². The summed E-state index contributed by atoms with van der Waals surface area (Å²) >= 11 is 0. The second kappa shape index (κ2) is 9.69.